The van der Waals surface area contributed by atoms with Crippen molar-refractivity contribution < 1.29 is 14.3 Å². The molecule has 1 saturated heterocycles. The molecule has 4 nitrogen and oxygen atoms in total. The highest BCUT2D eigenvalue weighted by Gasteiger charge is 2.14. The highest BCUT2D eigenvalue weighted by Crippen LogP contribution is 2.14. The van der Waals surface area contributed by atoms with Gasteiger partial charge in [0.1, 0.15) is 0 Å². The Bertz CT molecular complexity index is 190. The SMILES string of the molecule is CC(=O)NC(C)COCC1CCOCC1. The quantitative estimate of drug-likeness (QED) is 0.743. The molecule has 4 heteroatoms. The molecule has 0 aromatic heterocycles. The van der Waals surface area contributed by atoms with Gasteiger partial charge in [0.15, 0.2) is 0 Å². The second-order valence-corrected chi connectivity index (χ2v) is 4.19. The first-order valence-corrected chi connectivity index (χ1v) is 5.61. The summed E-state index contributed by atoms with van der Waals surface area (Å²) in [7, 11) is 0. The van der Waals surface area contributed by atoms with Crippen molar-refractivity contribution in [3.8, 4) is 0 Å². The van der Waals surface area contributed by atoms with Crippen molar-refractivity contribution in [3.05, 3.63) is 0 Å². The minimum atomic E-state index is -0.00262. The molecule has 1 amide bonds. The van der Waals surface area contributed by atoms with Crippen LogP contribution in [-0.4, -0.2) is 38.4 Å². The number of carbonyl (C=O) groups excluding carboxylic acids is 1. The minimum Gasteiger partial charge on any atom is -0.381 e. The topological polar surface area (TPSA) is 47.6 Å². The van der Waals surface area contributed by atoms with Crippen LogP contribution >= 0.6 is 0 Å². The van der Waals surface area contributed by atoms with Crippen LogP contribution in [0.2, 0.25) is 0 Å². The van der Waals surface area contributed by atoms with E-state index in [-0.39, 0.29) is 11.9 Å². The van der Waals surface area contributed by atoms with Gasteiger partial charge in [0, 0.05) is 32.8 Å². The van der Waals surface area contributed by atoms with E-state index >= 15 is 0 Å². The Morgan fingerprint density at radius 1 is 1.53 bits per heavy atom. The number of ether oxygens (including phenoxy) is 2. The lowest BCUT2D eigenvalue weighted by Gasteiger charge is -2.22. The Balaban J connectivity index is 2.02. The van der Waals surface area contributed by atoms with Crippen LogP contribution in [0, 0.1) is 5.92 Å². The first-order chi connectivity index (χ1) is 7.18. The van der Waals surface area contributed by atoms with Crippen LogP contribution in [0.3, 0.4) is 0 Å². The second-order valence-electron chi connectivity index (χ2n) is 4.19. The smallest absolute Gasteiger partial charge is 0.217 e. The van der Waals surface area contributed by atoms with Gasteiger partial charge in [-0.25, -0.2) is 0 Å². The number of carbonyl (C=O) groups is 1. The van der Waals surface area contributed by atoms with Gasteiger partial charge in [0.25, 0.3) is 0 Å². The third-order valence-corrected chi connectivity index (χ3v) is 2.51. The molecule has 0 spiro atoms. The number of hydrogen-bond donors (Lipinski definition) is 1. The zero-order valence-corrected chi connectivity index (χ0v) is 9.62. The van der Waals surface area contributed by atoms with E-state index in [9.17, 15) is 4.79 Å². The van der Waals surface area contributed by atoms with Gasteiger partial charge < -0.3 is 14.8 Å². The third kappa shape index (κ3) is 5.74. The molecule has 0 aliphatic carbocycles. The van der Waals surface area contributed by atoms with Gasteiger partial charge in [0.05, 0.1) is 6.61 Å². The summed E-state index contributed by atoms with van der Waals surface area (Å²) in [6.45, 7) is 6.56. The molecule has 1 aliphatic rings. The van der Waals surface area contributed by atoms with E-state index in [4.69, 9.17) is 9.47 Å². The number of nitrogens with one attached hydrogen (secondary N) is 1. The summed E-state index contributed by atoms with van der Waals surface area (Å²) in [6, 6.07) is 0.0994. The van der Waals surface area contributed by atoms with Gasteiger partial charge in [-0.2, -0.15) is 0 Å². The Labute approximate surface area is 91.3 Å². The predicted molar refractivity (Wildman–Crippen MR) is 57.6 cm³/mol. The molecular formula is C11H21NO3. The fourth-order valence-corrected chi connectivity index (χ4v) is 1.71. The van der Waals surface area contributed by atoms with Crippen LogP contribution in [0.4, 0.5) is 0 Å². The Morgan fingerprint density at radius 3 is 2.80 bits per heavy atom. The van der Waals surface area contributed by atoms with Gasteiger partial charge in [-0.1, -0.05) is 0 Å². The number of hydrogen-bond acceptors (Lipinski definition) is 3. The average molecular weight is 215 g/mol. The first kappa shape index (κ1) is 12.5. The van der Waals surface area contributed by atoms with E-state index in [1.165, 1.54) is 6.92 Å². The van der Waals surface area contributed by atoms with Crippen molar-refractivity contribution in [2.45, 2.75) is 32.7 Å². The average Bonchev–Trinajstić information content (AvgIpc) is 2.18. The molecule has 1 heterocycles. The zero-order valence-electron chi connectivity index (χ0n) is 9.62. The molecule has 0 aromatic carbocycles. The maximum atomic E-state index is 10.7. The van der Waals surface area contributed by atoms with E-state index in [1.54, 1.807) is 0 Å². The molecule has 1 unspecified atom stereocenters. The van der Waals surface area contributed by atoms with Crippen molar-refractivity contribution in [1.29, 1.82) is 0 Å². The largest absolute Gasteiger partial charge is 0.381 e. The molecule has 0 aromatic rings. The fourth-order valence-electron chi connectivity index (χ4n) is 1.71. The van der Waals surface area contributed by atoms with E-state index in [0.29, 0.717) is 12.5 Å². The summed E-state index contributed by atoms with van der Waals surface area (Å²) in [4.78, 5) is 10.7. The summed E-state index contributed by atoms with van der Waals surface area (Å²) >= 11 is 0. The second kappa shape index (κ2) is 6.80. The van der Waals surface area contributed by atoms with E-state index < -0.39 is 0 Å². The van der Waals surface area contributed by atoms with E-state index in [2.05, 4.69) is 5.32 Å². The zero-order chi connectivity index (χ0) is 11.1. The minimum absolute atomic E-state index is 0.00262. The third-order valence-electron chi connectivity index (χ3n) is 2.51. The summed E-state index contributed by atoms with van der Waals surface area (Å²) in [5.41, 5.74) is 0. The molecule has 0 bridgehead atoms. The van der Waals surface area contributed by atoms with Crippen LogP contribution < -0.4 is 5.32 Å². The van der Waals surface area contributed by atoms with Crippen LogP contribution in [-0.2, 0) is 14.3 Å². The highest BCUT2D eigenvalue weighted by atomic mass is 16.5. The normalized spacial score (nSPS) is 19.9. The number of rotatable bonds is 5. The van der Waals surface area contributed by atoms with Crippen molar-refractivity contribution >= 4 is 5.91 Å². The lowest BCUT2D eigenvalue weighted by atomic mass is 10.0. The molecule has 1 aliphatic heterocycles. The highest BCUT2D eigenvalue weighted by molar-refractivity contribution is 5.73. The Morgan fingerprint density at radius 2 is 2.20 bits per heavy atom. The fraction of sp³-hybridized carbons (Fsp3) is 0.909. The monoisotopic (exact) mass is 215 g/mol. The van der Waals surface area contributed by atoms with Crippen molar-refractivity contribution in [3.63, 3.8) is 0 Å². The van der Waals surface area contributed by atoms with Gasteiger partial charge in [-0.15, -0.1) is 0 Å². The molecule has 0 radical (unpaired) electrons. The molecule has 15 heavy (non-hydrogen) atoms. The van der Waals surface area contributed by atoms with Crippen LogP contribution in [0.5, 0.6) is 0 Å². The van der Waals surface area contributed by atoms with Gasteiger partial charge in [-0.05, 0) is 25.7 Å². The molecule has 1 rings (SSSR count). The standard InChI is InChI=1S/C11H21NO3/c1-9(12-10(2)13)7-15-8-11-3-5-14-6-4-11/h9,11H,3-8H2,1-2H3,(H,12,13). The maximum absolute atomic E-state index is 10.7. The maximum Gasteiger partial charge on any atom is 0.217 e. The number of amides is 1. The van der Waals surface area contributed by atoms with E-state index in [0.717, 1.165) is 32.7 Å². The van der Waals surface area contributed by atoms with Gasteiger partial charge >= 0.3 is 0 Å². The Kier molecular flexibility index (Phi) is 5.65. The molecule has 0 saturated carbocycles. The van der Waals surface area contributed by atoms with Gasteiger partial charge in [-0.3, -0.25) is 4.79 Å². The predicted octanol–water partition coefficient (Wildman–Crippen LogP) is 0.954. The van der Waals surface area contributed by atoms with Crippen molar-refractivity contribution in [2.75, 3.05) is 26.4 Å². The van der Waals surface area contributed by atoms with Gasteiger partial charge in [0.2, 0.25) is 5.91 Å². The molecule has 88 valence electrons. The first-order valence-electron chi connectivity index (χ1n) is 5.61. The Hall–Kier alpha value is -0.610. The van der Waals surface area contributed by atoms with Crippen molar-refractivity contribution in [1.82, 2.24) is 5.32 Å². The van der Waals surface area contributed by atoms with Crippen LogP contribution in [0.1, 0.15) is 26.7 Å². The summed E-state index contributed by atoms with van der Waals surface area (Å²) < 4.78 is 10.8. The summed E-state index contributed by atoms with van der Waals surface area (Å²) in [5.74, 6) is 0.625. The molecule has 1 fully saturated rings. The molecule has 1 atom stereocenters. The lowest BCUT2D eigenvalue weighted by molar-refractivity contribution is -0.120. The molecule has 1 N–H and O–H groups in total. The lowest BCUT2D eigenvalue weighted by Crippen LogP contribution is -2.35. The molecular weight excluding hydrogens is 194 g/mol. The summed E-state index contributed by atoms with van der Waals surface area (Å²) in [5, 5.41) is 2.79. The van der Waals surface area contributed by atoms with E-state index in [1.807, 2.05) is 6.92 Å². The summed E-state index contributed by atoms with van der Waals surface area (Å²) in [6.07, 6.45) is 2.18. The van der Waals surface area contributed by atoms with Crippen molar-refractivity contribution in [2.24, 2.45) is 5.92 Å². The van der Waals surface area contributed by atoms with Crippen LogP contribution in [0.25, 0.3) is 0 Å². The van der Waals surface area contributed by atoms with Crippen LogP contribution in [0.15, 0.2) is 0 Å².